The van der Waals surface area contributed by atoms with Crippen LogP contribution >= 0.6 is 0 Å². The molecule has 0 aliphatic rings. The highest BCUT2D eigenvalue weighted by molar-refractivity contribution is 6.15. The van der Waals surface area contributed by atoms with Crippen LogP contribution in [-0.4, -0.2) is 0 Å². The summed E-state index contributed by atoms with van der Waals surface area (Å²) in [6.45, 7) is 0. The first-order chi connectivity index (χ1) is 29.3. The maximum atomic E-state index is 2.40. The molecular weight excluding hydrogens is 711 g/mol. The van der Waals surface area contributed by atoms with Crippen LogP contribution in [0.4, 0.5) is 17.1 Å². The maximum absolute atomic E-state index is 2.40. The quantitative estimate of drug-likeness (QED) is 0.147. The molecule has 1 heteroatoms. The van der Waals surface area contributed by atoms with E-state index in [1.807, 2.05) is 0 Å². The summed E-state index contributed by atoms with van der Waals surface area (Å²) in [5, 5.41) is 10.1. The third-order valence-electron chi connectivity index (χ3n) is 11.9. The van der Waals surface area contributed by atoms with Crippen LogP contribution in [0.2, 0.25) is 0 Å². The number of rotatable bonds is 7. The van der Waals surface area contributed by atoms with Crippen LogP contribution in [0.1, 0.15) is 0 Å². The van der Waals surface area contributed by atoms with E-state index in [0.717, 1.165) is 17.1 Å². The van der Waals surface area contributed by atoms with Gasteiger partial charge >= 0.3 is 0 Å². The molecule has 0 aliphatic carbocycles. The molecule has 0 aliphatic heterocycles. The van der Waals surface area contributed by atoms with Gasteiger partial charge in [0.15, 0.2) is 0 Å². The van der Waals surface area contributed by atoms with Crippen molar-refractivity contribution in [1.29, 1.82) is 0 Å². The van der Waals surface area contributed by atoms with Crippen molar-refractivity contribution in [3.05, 3.63) is 237 Å². The van der Waals surface area contributed by atoms with Gasteiger partial charge in [-0.3, -0.25) is 0 Å². The van der Waals surface area contributed by atoms with Crippen LogP contribution in [0.3, 0.4) is 0 Å². The Labute approximate surface area is 344 Å². The smallest absolute Gasteiger partial charge is 0.0540 e. The van der Waals surface area contributed by atoms with E-state index in [4.69, 9.17) is 0 Å². The van der Waals surface area contributed by atoms with E-state index >= 15 is 0 Å². The fourth-order valence-electron chi connectivity index (χ4n) is 9.08. The summed E-state index contributed by atoms with van der Waals surface area (Å²) in [5.74, 6) is 0. The first kappa shape index (κ1) is 34.5. The van der Waals surface area contributed by atoms with Crippen molar-refractivity contribution in [3.8, 4) is 44.5 Å². The predicted molar refractivity (Wildman–Crippen MR) is 253 cm³/mol. The number of fused-ring (bicyclic) bond motifs is 6. The van der Waals surface area contributed by atoms with Gasteiger partial charge in [-0.15, -0.1) is 0 Å². The lowest BCUT2D eigenvalue weighted by Gasteiger charge is -2.28. The highest BCUT2D eigenvalue weighted by Gasteiger charge is 2.19. The molecule has 0 radical (unpaired) electrons. The zero-order chi connectivity index (χ0) is 39.1. The second-order valence-corrected chi connectivity index (χ2v) is 15.2. The molecule has 276 valence electrons. The van der Waals surface area contributed by atoms with Crippen molar-refractivity contribution in [3.63, 3.8) is 0 Å². The SMILES string of the molecule is c1ccc(-c2ccccc2N(c2ccc(-c3ccccc3-c3cc4ccccc4c4ccccc34)cc2)c2ccc(-c3cc4ccccc4c4ccccc34)cc2)cc1. The lowest BCUT2D eigenvalue weighted by Crippen LogP contribution is -2.11. The first-order valence-corrected chi connectivity index (χ1v) is 20.3. The van der Waals surface area contributed by atoms with E-state index in [9.17, 15) is 0 Å². The number of hydrogen-bond donors (Lipinski definition) is 0. The van der Waals surface area contributed by atoms with Crippen molar-refractivity contribution in [2.24, 2.45) is 0 Å². The molecule has 0 fully saturated rings. The van der Waals surface area contributed by atoms with E-state index in [2.05, 4.69) is 241 Å². The molecule has 0 N–H and O–H groups in total. The maximum Gasteiger partial charge on any atom is 0.0540 e. The summed E-state index contributed by atoms with van der Waals surface area (Å²) in [7, 11) is 0. The highest BCUT2D eigenvalue weighted by Crippen LogP contribution is 2.44. The molecule has 0 saturated carbocycles. The largest absolute Gasteiger partial charge is 0.310 e. The Balaban J connectivity index is 1.04. The molecule has 0 heterocycles. The van der Waals surface area contributed by atoms with Gasteiger partial charge in [0.25, 0.3) is 0 Å². The van der Waals surface area contributed by atoms with Crippen molar-refractivity contribution < 1.29 is 0 Å². The van der Waals surface area contributed by atoms with Crippen LogP contribution < -0.4 is 4.90 Å². The Morgan fingerprint density at radius 1 is 0.220 bits per heavy atom. The molecule has 59 heavy (non-hydrogen) atoms. The van der Waals surface area contributed by atoms with Crippen LogP contribution in [0.25, 0.3) is 87.6 Å². The molecule has 0 aromatic heterocycles. The van der Waals surface area contributed by atoms with E-state index in [0.29, 0.717) is 0 Å². The first-order valence-electron chi connectivity index (χ1n) is 20.3. The molecule has 11 aromatic rings. The topological polar surface area (TPSA) is 3.24 Å². The summed E-state index contributed by atoms with van der Waals surface area (Å²) in [4.78, 5) is 2.40. The van der Waals surface area contributed by atoms with Gasteiger partial charge in [-0.05, 0) is 124 Å². The van der Waals surface area contributed by atoms with E-state index in [-0.39, 0.29) is 0 Å². The predicted octanol–water partition coefficient (Wildman–Crippen LogP) is 16.4. The molecule has 0 spiro atoms. The second-order valence-electron chi connectivity index (χ2n) is 15.2. The Hall–Kier alpha value is -7.74. The monoisotopic (exact) mass is 749 g/mol. The van der Waals surface area contributed by atoms with Crippen LogP contribution in [0, 0.1) is 0 Å². The third kappa shape index (κ3) is 6.12. The van der Waals surface area contributed by atoms with Gasteiger partial charge < -0.3 is 4.90 Å². The van der Waals surface area contributed by atoms with Crippen LogP contribution in [0.5, 0.6) is 0 Å². The summed E-state index contributed by atoms with van der Waals surface area (Å²) < 4.78 is 0. The minimum absolute atomic E-state index is 1.09. The molecule has 11 aromatic carbocycles. The normalized spacial score (nSPS) is 11.4. The Morgan fingerprint density at radius 2 is 0.610 bits per heavy atom. The van der Waals surface area contributed by atoms with Gasteiger partial charge in [-0.25, -0.2) is 0 Å². The van der Waals surface area contributed by atoms with Gasteiger partial charge in [0.2, 0.25) is 0 Å². The average Bonchev–Trinajstić information content (AvgIpc) is 3.32. The minimum Gasteiger partial charge on any atom is -0.310 e. The van der Waals surface area contributed by atoms with Crippen molar-refractivity contribution in [2.45, 2.75) is 0 Å². The number of hydrogen-bond acceptors (Lipinski definition) is 1. The molecular formula is C58H39N. The van der Waals surface area contributed by atoms with Crippen molar-refractivity contribution in [1.82, 2.24) is 0 Å². The molecule has 0 bridgehead atoms. The zero-order valence-electron chi connectivity index (χ0n) is 32.5. The number of benzene rings is 11. The van der Waals surface area contributed by atoms with E-state index in [1.165, 1.54) is 87.6 Å². The fourth-order valence-corrected chi connectivity index (χ4v) is 9.08. The lowest BCUT2D eigenvalue weighted by molar-refractivity contribution is 1.28. The van der Waals surface area contributed by atoms with E-state index < -0.39 is 0 Å². The Bertz CT molecular complexity index is 3310. The van der Waals surface area contributed by atoms with Gasteiger partial charge in [0.1, 0.15) is 0 Å². The highest BCUT2D eigenvalue weighted by atomic mass is 15.1. The minimum atomic E-state index is 1.09. The van der Waals surface area contributed by atoms with Gasteiger partial charge in [0, 0.05) is 16.9 Å². The fraction of sp³-hybridized carbons (Fsp3) is 0. The van der Waals surface area contributed by atoms with E-state index in [1.54, 1.807) is 0 Å². The summed E-state index contributed by atoms with van der Waals surface area (Å²) in [6, 6.07) is 86.2. The van der Waals surface area contributed by atoms with Gasteiger partial charge in [0.05, 0.1) is 5.69 Å². The average molecular weight is 750 g/mol. The Morgan fingerprint density at radius 3 is 1.20 bits per heavy atom. The summed E-state index contributed by atoms with van der Waals surface area (Å²) >= 11 is 0. The lowest BCUT2D eigenvalue weighted by atomic mass is 9.89. The second kappa shape index (κ2) is 14.6. The third-order valence-corrected chi connectivity index (χ3v) is 11.9. The molecule has 0 unspecified atom stereocenters. The zero-order valence-corrected chi connectivity index (χ0v) is 32.5. The molecule has 0 saturated heterocycles. The molecule has 1 nitrogen and oxygen atoms in total. The number of para-hydroxylation sites is 1. The summed E-state index contributed by atoms with van der Waals surface area (Å²) in [6.07, 6.45) is 0. The number of nitrogens with zero attached hydrogens (tertiary/aromatic N) is 1. The van der Waals surface area contributed by atoms with Gasteiger partial charge in [-0.1, -0.05) is 194 Å². The molecule has 0 amide bonds. The Kier molecular flexibility index (Phi) is 8.56. The van der Waals surface area contributed by atoms with Gasteiger partial charge in [-0.2, -0.15) is 0 Å². The number of anilines is 3. The molecule has 0 atom stereocenters. The standard InChI is InChI=1S/C58H39N/c1-2-16-40(17-3-1)50-23-14-15-29-58(50)59(46-36-32-42(33-37-46)56-38-43-18-4-6-21-48(43)51-24-10-12-27-54(51)56)45-34-30-41(31-35-45)47-20-8-9-26-53(47)57-39-44-19-5-7-22-49(44)52-25-11-13-28-55(52)57/h1-39H. The van der Waals surface area contributed by atoms with Crippen LogP contribution in [0.15, 0.2) is 237 Å². The molecule has 11 rings (SSSR count). The summed E-state index contributed by atoms with van der Waals surface area (Å²) in [5.41, 5.74) is 13.0. The van der Waals surface area contributed by atoms with Crippen molar-refractivity contribution >= 4 is 60.2 Å². The van der Waals surface area contributed by atoms with Crippen LogP contribution in [-0.2, 0) is 0 Å². The van der Waals surface area contributed by atoms with Crippen molar-refractivity contribution in [2.75, 3.05) is 4.90 Å².